The van der Waals surface area contributed by atoms with Crippen LogP contribution >= 0.6 is 23.8 Å². The van der Waals surface area contributed by atoms with Crippen molar-refractivity contribution in [3.63, 3.8) is 0 Å². The van der Waals surface area contributed by atoms with Crippen LogP contribution in [0.15, 0.2) is 18.2 Å². The van der Waals surface area contributed by atoms with Crippen LogP contribution in [0.5, 0.6) is 0 Å². The van der Waals surface area contributed by atoms with Crippen molar-refractivity contribution in [2.75, 3.05) is 19.4 Å². The van der Waals surface area contributed by atoms with Crippen molar-refractivity contribution >= 4 is 40.4 Å². The van der Waals surface area contributed by atoms with E-state index in [0.29, 0.717) is 15.7 Å². The maximum atomic E-state index is 11.9. The van der Waals surface area contributed by atoms with Crippen molar-refractivity contribution in [1.82, 2.24) is 4.90 Å². The molecule has 1 aromatic rings. The van der Waals surface area contributed by atoms with Crippen molar-refractivity contribution in [2.45, 2.75) is 20.8 Å². The molecule has 0 aliphatic rings. The number of anilines is 1. The van der Waals surface area contributed by atoms with E-state index in [4.69, 9.17) is 23.8 Å². The van der Waals surface area contributed by atoms with Gasteiger partial charge in [0.25, 0.3) is 0 Å². The molecular weight excluding hydrogens is 280 g/mol. The van der Waals surface area contributed by atoms with Gasteiger partial charge in [0.15, 0.2) is 0 Å². The van der Waals surface area contributed by atoms with E-state index in [9.17, 15) is 4.79 Å². The summed E-state index contributed by atoms with van der Waals surface area (Å²) in [4.78, 5) is 14.4. The Morgan fingerprint density at radius 1 is 1.32 bits per heavy atom. The molecule has 0 heterocycles. The number of benzene rings is 1. The number of nitrogens with zero attached hydrogens (tertiary/aromatic N) is 1. The third kappa shape index (κ3) is 4.18. The lowest BCUT2D eigenvalue weighted by Gasteiger charge is -2.19. The largest absolute Gasteiger partial charge is 0.368 e. The minimum absolute atomic E-state index is 0.0495. The molecule has 0 aliphatic carbocycles. The predicted octanol–water partition coefficient (Wildman–Crippen LogP) is 3.56. The van der Waals surface area contributed by atoms with E-state index in [1.807, 2.05) is 45.8 Å². The number of amides is 1. The van der Waals surface area contributed by atoms with E-state index in [2.05, 4.69) is 5.32 Å². The molecule has 0 aliphatic heterocycles. The zero-order chi connectivity index (χ0) is 14.8. The summed E-state index contributed by atoms with van der Waals surface area (Å²) in [5, 5.41) is 3.37. The first-order valence-electron chi connectivity index (χ1n) is 5.95. The van der Waals surface area contributed by atoms with Gasteiger partial charge < -0.3 is 10.2 Å². The van der Waals surface area contributed by atoms with Gasteiger partial charge in [-0.2, -0.15) is 0 Å². The zero-order valence-electron chi connectivity index (χ0n) is 11.9. The molecule has 19 heavy (non-hydrogen) atoms. The fourth-order valence-corrected chi connectivity index (χ4v) is 1.83. The van der Waals surface area contributed by atoms with Crippen molar-refractivity contribution in [1.29, 1.82) is 0 Å². The summed E-state index contributed by atoms with van der Waals surface area (Å²) in [5.74, 6) is -0.0495. The molecule has 1 aromatic carbocycles. The molecule has 0 unspecified atom stereocenters. The summed E-state index contributed by atoms with van der Waals surface area (Å²) in [7, 11) is 3.74. The van der Waals surface area contributed by atoms with Gasteiger partial charge in [-0.15, -0.1) is 0 Å². The number of thiocarbonyl (C=S) groups is 1. The molecule has 1 rings (SSSR count). The summed E-state index contributed by atoms with van der Waals surface area (Å²) in [6.45, 7) is 5.58. The Morgan fingerprint density at radius 2 is 1.89 bits per heavy atom. The second-order valence-electron chi connectivity index (χ2n) is 5.60. The maximum absolute atomic E-state index is 11.9. The first kappa shape index (κ1) is 15.9. The second-order valence-corrected chi connectivity index (χ2v) is 6.39. The van der Waals surface area contributed by atoms with Gasteiger partial charge in [0.2, 0.25) is 5.91 Å². The highest BCUT2D eigenvalue weighted by atomic mass is 35.5. The molecule has 0 radical (unpaired) electrons. The van der Waals surface area contributed by atoms with Crippen molar-refractivity contribution < 1.29 is 4.79 Å². The molecule has 0 bridgehead atoms. The number of carbonyl (C=O) groups excluding carboxylic acids is 1. The highest BCUT2D eigenvalue weighted by Gasteiger charge is 2.21. The third-order valence-electron chi connectivity index (χ3n) is 2.54. The van der Waals surface area contributed by atoms with E-state index in [0.717, 1.165) is 5.56 Å². The van der Waals surface area contributed by atoms with Gasteiger partial charge >= 0.3 is 0 Å². The molecule has 104 valence electrons. The van der Waals surface area contributed by atoms with Crippen LogP contribution in [-0.2, 0) is 4.79 Å². The van der Waals surface area contributed by atoms with Gasteiger partial charge in [0, 0.05) is 30.8 Å². The minimum Gasteiger partial charge on any atom is -0.368 e. The minimum atomic E-state index is -0.440. The maximum Gasteiger partial charge on any atom is 0.229 e. The van der Waals surface area contributed by atoms with Crippen LogP contribution in [0, 0.1) is 5.41 Å². The lowest BCUT2D eigenvalue weighted by atomic mass is 9.95. The van der Waals surface area contributed by atoms with Crippen LogP contribution in [0.25, 0.3) is 0 Å². The standard InChI is InChI=1S/C14H19ClN2OS/c1-14(2,3)13(18)16-9-6-7-10(11(15)8-9)12(19)17(4)5/h6-8H,1-5H3,(H,16,18). The number of nitrogens with one attached hydrogen (secondary N) is 1. The average Bonchev–Trinajstić information content (AvgIpc) is 2.26. The van der Waals surface area contributed by atoms with Crippen molar-refractivity contribution in [2.24, 2.45) is 5.41 Å². The Bertz CT molecular complexity index is 507. The first-order chi connectivity index (χ1) is 8.62. The van der Waals surface area contributed by atoms with Gasteiger partial charge in [-0.1, -0.05) is 44.6 Å². The molecule has 0 atom stereocenters. The SMILES string of the molecule is CN(C)C(=S)c1ccc(NC(=O)C(C)(C)C)cc1Cl. The third-order valence-corrected chi connectivity index (χ3v) is 3.44. The molecule has 1 amide bonds. The summed E-state index contributed by atoms with van der Waals surface area (Å²) in [6.07, 6.45) is 0. The van der Waals surface area contributed by atoms with E-state index in [1.165, 1.54) is 0 Å². The molecule has 0 saturated carbocycles. The smallest absolute Gasteiger partial charge is 0.229 e. The van der Waals surface area contributed by atoms with Crippen molar-refractivity contribution in [3.05, 3.63) is 28.8 Å². The van der Waals surface area contributed by atoms with Gasteiger partial charge in [0.1, 0.15) is 4.99 Å². The normalized spacial score (nSPS) is 11.1. The Hall–Kier alpha value is -1.13. The fraction of sp³-hybridized carbons (Fsp3) is 0.429. The Balaban J connectivity index is 2.95. The Morgan fingerprint density at radius 3 is 2.32 bits per heavy atom. The summed E-state index contributed by atoms with van der Waals surface area (Å²) >= 11 is 11.5. The molecule has 3 nitrogen and oxygen atoms in total. The molecule has 5 heteroatoms. The molecule has 0 fully saturated rings. The lowest BCUT2D eigenvalue weighted by Crippen LogP contribution is -2.27. The van der Waals surface area contributed by atoms with Crippen LogP contribution in [0.1, 0.15) is 26.3 Å². The predicted molar refractivity (Wildman–Crippen MR) is 84.9 cm³/mol. The Kier molecular flexibility index (Phi) is 4.93. The zero-order valence-corrected chi connectivity index (χ0v) is 13.4. The summed E-state index contributed by atoms with van der Waals surface area (Å²) in [6, 6.07) is 5.35. The highest BCUT2D eigenvalue weighted by Crippen LogP contribution is 2.24. The Labute approximate surface area is 124 Å². The topological polar surface area (TPSA) is 32.3 Å². The number of rotatable bonds is 2. The molecule has 0 saturated heterocycles. The molecule has 1 N–H and O–H groups in total. The summed E-state index contributed by atoms with van der Waals surface area (Å²) in [5.41, 5.74) is 1.02. The van der Waals surface area contributed by atoms with E-state index in [-0.39, 0.29) is 5.91 Å². The quantitative estimate of drug-likeness (QED) is 0.847. The molecular formula is C14H19ClN2OS. The van der Waals surface area contributed by atoms with Crippen LogP contribution in [-0.4, -0.2) is 29.9 Å². The first-order valence-corrected chi connectivity index (χ1v) is 6.74. The van der Waals surface area contributed by atoms with Gasteiger partial charge in [-0.25, -0.2) is 0 Å². The number of halogens is 1. The van der Waals surface area contributed by atoms with E-state index >= 15 is 0 Å². The summed E-state index contributed by atoms with van der Waals surface area (Å²) < 4.78 is 0. The lowest BCUT2D eigenvalue weighted by molar-refractivity contribution is -0.123. The second kappa shape index (κ2) is 5.88. The van der Waals surface area contributed by atoms with Gasteiger partial charge in [-0.05, 0) is 18.2 Å². The highest BCUT2D eigenvalue weighted by molar-refractivity contribution is 7.80. The van der Waals surface area contributed by atoms with Gasteiger partial charge in [-0.3, -0.25) is 4.79 Å². The van der Waals surface area contributed by atoms with Crippen LogP contribution in [0.4, 0.5) is 5.69 Å². The van der Waals surface area contributed by atoms with E-state index in [1.54, 1.807) is 12.1 Å². The van der Waals surface area contributed by atoms with Gasteiger partial charge in [0.05, 0.1) is 5.02 Å². The van der Waals surface area contributed by atoms with E-state index < -0.39 is 5.41 Å². The monoisotopic (exact) mass is 298 g/mol. The average molecular weight is 299 g/mol. The molecule has 0 spiro atoms. The number of carbonyl (C=O) groups is 1. The number of hydrogen-bond acceptors (Lipinski definition) is 2. The number of hydrogen-bond donors (Lipinski definition) is 1. The van der Waals surface area contributed by atoms with Crippen LogP contribution < -0.4 is 5.32 Å². The van der Waals surface area contributed by atoms with Crippen molar-refractivity contribution in [3.8, 4) is 0 Å². The van der Waals surface area contributed by atoms with Crippen LogP contribution in [0.2, 0.25) is 5.02 Å². The molecule has 0 aromatic heterocycles. The fourth-order valence-electron chi connectivity index (χ4n) is 1.33. The van der Waals surface area contributed by atoms with Crippen LogP contribution in [0.3, 0.4) is 0 Å².